The van der Waals surface area contributed by atoms with Crippen molar-refractivity contribution in [2.45, 2.75) is 18.9 Å². The molecular weight excluding hydrogens is 238 g/mol. The van der Waals surface area contributed by atoms with Crippen LogP contribution in [-0.2, 0) is 0 Å². The monoisotopic (exact) mass is 253 g/mol. The molecule has 0 radical (unpaired) electrons. The van der Waals surface area contributed by atoms with E-state index in [4.69, 9.17) is 0 Å². The Morgan fingerprint density at radius 3 is 2.89 bits per heavy atom. The Kier molecular flexibility index (Phi) is 2.65. The van der Waals surface area contributed by atoms with Crippen molar-refractivity contribution in [3.63, 3.8) is 0 Å². The van der Waals surface area contributed by atoms with Crippen LogP contribution in [0.5, 0.6) is 0 Å². The largest absolute Gasteiger partial charge is 0.388 e. The summed E-state index contributed by atoms with van der Waals surface area (Å²) in [5, 5.41) is 20.4. The van der Waals surface area contributed by atoms with E-state index >= 15 is 0 Å². The van der Waals surface area contributed by atoms with Gasteiger partial charge in [0.1, 0.15) is 6.07 Å². The Bertz CT molecular complexity index is 673. The van der Waals surface area contributed by atoms with Gasteiger partial charge in [0, 0.05) is 24.7 Å². The number of aliphatic hydroxyl groups is 1. The van der Waals surface area contributed by atoms with Gasteiger partial charge >= 0.3 is 0 Å². The topological polar surface area (TPSA) is 60.1 Å². The first-order valence-electron chi connectivity index (χ1n) is 6.36. The van der Waals surface area contributed by atoms with E-state index in [0.717, 1.165) is 23.1 Å². The van der Waals surface area contributed by atoms with Gasteiger partial charge in [0.05, 0.1) is 22.4 Å². The summed E-state index contributed by atoms with van der Waals surface area (Å²) in [6.07, 6.45) is 2.33. The molecule has 1 aliphatic rings. The van der Waals surface area contributed by atoms with Gasteiger partial charge in [-0.05, 0) is 19.4 Å². The maximum Gasteiger partial charge on any atom is 0.103 e. The van der Waals surface area contributed by atoms with E-state index in [-0.39, 0.29) is 0 Å². The zero-order valence-electron chi connectivity index (χ0n) is 10.8. The third-order valence-corrected chi connectivity index (χ3v) is 3.64. The molecule has 1 fully saturated rings. The number of anilines is 1. The van der Waals surface area contributed by atoms with Gasteiger partial charge in [0.15, 0.2) is 0 Å². The highest BCUT2D eigenvalue weighted by atomic mass is 16.3. The van der Waals surface area contributed by atoms with Gasteiger partial charge in [0.25, 0.3) is 0 Å². The molecule has 4 heteroatoms. The summed E-state index contributed by atoms with van der Waals surface area (Å²) in [5.41, 5.74) is 1.65. The smallest absolute Gasteiger partial charge is 0.103 e. The standard InChI is InChI=1S/C15H15N3O/c1-15(19)6-7-18(10-15)14-11(8-16)9-17-13-5-3-2-4-12(13)14/h2-5,9,19H,6-7,10H2,1H3. The van der Waals surface area contributed by atoms with Gasteiger partial charge in [-0.1, -0.05) is 18.2 Å². The van der Waals surface area contributed by atoms with E-state index in [1.807, 2.05) is 31.2 Å². The fourth-order valence-electron chi connectivity index (χ4n) is 2.69. The number of nitrogens with zero attached hydrogens (tertiary/aromatic N) is 3. The van der Waals surface area contributed by atoms with Crippen LogP contribution in [0.3, 0.4) is 0 Å². The molecule has 0 saturated carbocycles. The highest BCUT2D eigenvalue weighted by Gasteiger charge is 2.33. The maximum absolute atomic E-state index is 10.1. The summed E-state index contributed by atoms with van der Waals surface area (Å²) in [6.45, 7) is 3.15. The van der Waals surface area contributed by atoms with Crippen LogP contribution in [0.25, 0.3) is 10.9 Å². The van der Waals surface area contributed by atoms with Gasteiger partial charge < -0.3 is 10.0 Å². The second kappa shape index (κ2) is 4.22. The van der Waals surface area contributed by atoms with Crippen LogP contribution in [0.1, 0.15) is 18.9 Å². The summed E-state index contributed by atoms with van der Waals surface area (Å²) in [6, 6.07) is 10.0. The van der Waals surface area contributed by atoms with Crippen LogP contribution >= 0.6 is 0 Å². The molecule has 0 aliphatic carbocycles. The van der Waals surface area contributed by atoms with Crippen molar-refractivity contribution >= 4 is 16.6 Å². The lowest BCUT2D eigenvalue weighted by Gasteiger charge is -2.23. The Labute approximate surface area is 111 Å². The minimum absolute atomic E-state index is 0.551. The third kappa shape index (κ3) is 2.02. The van der Waals surface area contributed by atoms with Gasteiger partial charge in [-0.15, -0.1) is 0 Å². The number of nitriles is 1. The normalized spacial score (nSPS) is 22.7. The summed E-state index contributed by atoms with van der Waals surface area (Å²) in [5.74, 6) is 0. The highest BCUT2D eigenvalue weighted by molar-refractivity contribution is 5.94. The first kappa shape index (κ1) is 11.9. The van der Waals surface area contributed by atoms with E-state index < -0.39 is 5.60 Å². The lowest BCUT2D eigenvalue weighted by atomic mass is 10.1. The lowest BCUT2D eigenvalue weighted by Crippen LogP contribution is -2.30. The first-order valence-corrected chi connectivity index (χ1v) is 6.36. The molecule has 1 aliphatic heterocycles. The van der Waals surface area contributed by atoms with E-state index in [1.54, 1.807) is 6.20 Å². The number of benzene rings is 1. The number of rotatable bonds is 1. The van der Waals surface area contributed by atoms with Crippen LogP contribution < -0.4 is 4.90 Å². The summed E-state index contributed by atoms with van der Waals surface area (Å²) < 4.78 is 0. The molecule has 1 atom stereocenters. The fourth-order valence-corrected chi connectivity index (χ4v) is 2.69. The van der Waals surface area contributed by atoms with Gasteiger partial charge in [-0.3, -0.25) is 4.98 Å². The minimum Gasteiger partial charge on any atom is -0.388 e. The molecule has 96 valence electrons. The molecule has 4 nitrogen and oxygen atoms in total. The molecular formula is C15H15N3O. The van der Waals surface area contributed by atoms with Crippen molar-refractivity contribution < 1.29 is 5.11 Å². The summed E-state index contributed by atoms with van der Waals surface area (Å²) in [4.78, 5) is 6.39. The maximum atomic E-state index is 10.1. The zero-order valence-corrected chi connectivity index (χ0v) is 10.8. The number of aromatic nitrogens is 1. The van der Waals surface area contributed by atoms with E-state index in [2.05, 4.69) is 16.0 Å². The molecule has 1 unspecified atom stereocenters. The number of fused-ring (bicyclic) bond motifs is 1. The molecule has 2 aromatic rings. The Balaban J connectivity index is 2.19. The predicted molar refractivity (Wildman–Crippen MR) is 73.9 cm³/mol. The van der Waals surface area contributed by atoms with Crippen LogP contribution in [0, 0.1) is 11.3 Å². The van der Waals surface area contributed by atoms with Crippen LogP contribution in [0.2, 0.25) is 0 Å². The predicted octanol–water partition coefficient (Wildman–Crippen LogP) is 2.07. The van der Waals surface area contributed by atoms with Crippen molar-refractivity contribution in [2.75, 3.05) is 18.0 Å². The molecule has 19 heavy (non-hydrogen) atoms. The fraction of sp³-hybridized carbons (Fsp3) is 0.333. The molecule has 1 saturated heterocycles. The molecule has 0 bridgehead atoms. The molecule has 2 heterocycles. The zero-order chi connectivity index (χ0) is 13.5. The average molecular weight is 253 g/mol. The van der Waals surface area contributed by atoms with E-state index in [0.29, 0.717) is 18.5 Å². The molecule has 0 spiro atoms. The van der Waals surface area contributed by atoms with Gasteiger partial charge in [-0.25, -0.2) is 0 Å². The highest BCUT2D eigenvalue weighted by Crippen LogP contribution is 2.34. The Morgan fingerprint density at radius 2 is 2.21 bits per heavy atom. The van der Waals surface area contributed by atoms with Crippen molar-refractivity contribution in [1.82, 2.24) is 4.98 Å². The Hall–Kier alpha value is -2.12. The van der Waals surface area contributed by atoms with Crippen molar-refractivity contribution in [1.29, 1.82) is 5.26 Å². The van der Waals surface area contributed by atoms with Crippen LogP contribution in [-0.4, -0.2) is 28.8 Å². The molecule has 3 rings (SSSR count). The first-order chi connectivity index (χ1) is 9.11. The number of hydrogen-bond donors (Lipinski definition) is 1. The third-order valence-electron chi connectivity index (χ3n) is 3.64. The van der Waals surface area contributed by atoms with Crippen LogP contribution in [0.15, 0.2) is 30.5 Å². The van der Waals surface area contributed by atoms with Crippen molar-refractivity contribution in [2.24, 2.45) is 0 Å². The van der Waals surface area contributed by atoms with E-state index in [1.165, 1.54) is 0 Å². The number of para-hydroxylation sites is 1. The van der Waals surface area contributed by atoms with Crippen molar-refractivity contribution in [3.05, 3.63) is 36.0 Å². The Morgan fingerprint density at radius 1 is 1.42 bits per heavy atom. The van der Waals surface area contributed by atoms with Gasteiger partial charge in [0.2, 0.25) is 0 Å². The molecule has 1 aromatic carbocycles. The lowest BCUT2D eigenvalue weighted by molar-refractivity contribution is 0.0839. The summed E-state index contributed by atoms with van der Waals surface area (Å²) in [7, 11) is 0. The molecule has 1 aromatic heterocycles. The SMILES string of the molecule is CC1(O)CCN(c2c(C#N)cnc3ccccc23)C1. The average Bonchev–Trinajstić information content (AvgIpc) is 2.77. The number of hydrogen-bond acceptors (Lipinski definition) is 4. The minimum atomic E-state index is -0.683. The quantitative estimate of drug-likeness (QED) is 0.845. The number of β-amino-alcohol motifs (C(OH)–C–C–N with tert-alkyl or cyclic N) is 1. The second-order valence-corrected chi connectivity index (χ2v) is 5.32. The van der Waals surface area contributed by atoms with Gasteiger partial charge in [-0.2, -0.15) is 5.26 Å². The summed E-state index contributed by atoms with van der Waals surface area (Å²) >= 11 is 0. The van der Waals surface area contributed by atoms with Crippen LogP contribution in [0.4, 0.5) is 5.69 Å². The molecule has 0 amide bonds. The number of pyridine rings is 1. The molecule has 1 N–H and O–H groups in total. The van der Waals surface area contributed by atoms with Crippen molar-refractivity contribution in [3.8, 4) is 6.07 Å². The second-order valence-electron chi connectivity index (χ2n) is 5.32. The van der Waals surface area contributed by atoms with E-state index in [9.17, 15) is 10.4 Å².